The third kappa shape index (κ3) is 3.15. The first-order chi connectivity index (χ1) is 8.48. The summed E-state index contributed by atoms with van der Waals surface area (Å²) in [5.74, 6) is -0.663. The molecule has 0 bridgehead atoms. The highest BCUT2D eigenvalue weighted by molar-refractivity contribution is 5.75. The number of rotatable bonds is 3. The fourth-order valence-electron chi connectivity index (χ4n) is 2.83. The fraction of sp³-hybridized carbons (Fsp3) is 0.846. The Morgan fingerprint density at radius 3 is 2.67 bits per heavy atom. The topological polar surface area (TPSA) is 69.6 Å². The molecule has 18 heavy (non-hydrogen) atoms. The minimum atomic E-state index is -0.770. The summed E-state index contributed by atoms with van der Waals surface area (Å²) in [5, 5.41) is 11.9. The van der Waals surface area contributed by atoms with Crippen LogP contribution in [0.3, 0.4) is 0 Å². The van der Waals surface area contributed by atoms with Crippen LogP contribution in [0.4, 0.5) is 4.79 Å². The van der Waals surface area contributed by atoms with Gasteiger partial charge in [-0.25, -0.2) is 4.79 Å². The molecule has 2 rings (SSSR count). The van der Waals surface area contributed by atoms with Crippen molar-refractivity contribution < 1.29 is 14.7 Å². The van der Waals surface area contributed by atoms with Gasteiger partial charge in [0.25, 0.3) is 0 Å². The summed E-state index contributed by atoms with van der Waals surface area (Å²) in [5.41, 5.74) is -0.0309. The first-order valence-corrected chi connectivity index (χ1v) is 6.77. The van der Waals surface area contributed by atoms with Gasteiger partial charge in [-0.15, -0.1) is 0 Å². The van der Waals surface area contributed by atoms with Crippen molar-refractivity contribution in [2.75, 3.05) is 13.1 Å². The summed E-state index contributed by atoms with van der Waals surface area (Å²) < 4.78 is 0. The van der Waals surface area contributed by atoms with E-state index in [-0.39, 0.29) is 23.9 Å². The van der Waals surface area contributed by atoms with Gasteiger partial charge in [-0.05, 0) is 44.9 Å². The van der Waals surface area contributed by atoms with E-state index in [1.165, 1.54) is 6.42 Å². The highest BCUT2D eigenvalue weighted by Crippen LogP contribution is 2.31. The molecular formula is C13H22N2O3. The van der Waals surface area contributed by atoms with Gasteiger partial charge in [-0.1, -0.05) is 0 Å². The number of aliphatic carboxylic acids is 1. The van der Waals surface area contributed by atoms with Crippen LogP contribution in [-0.4, -0.2) is 40.6 Å². The Labute approximate surface area is 108 Å². The van der Waals surface area contributed by atoms with E-state index in [1.807, 2.05) is 0 Å². The van der Waals surface area contributed by atoms with Crippen LogP contribution in [0.5, 0.6) is 0 Å². The molecule has 1 aliphatic heterocycles. The molecule has 5 heteroatoms. The first kappa shape index (κ1) is 13.2. The average Bonchev–Trinajstić information content (AvgIpc) is 2.26. The maximum absolute atomic E-state index is 12.1. The second kappa shape index (κ2) is 5.16. The Hall–Kier alpha value is -1.26. The maximum atomic E-state index is 12.1. The van der Waals surface area contributed by atoms with Crippen molar-refractivity contribution in [2.24, 2.45) is 5.92 Å². The van der Waals surface area contributed by atoms with Crippen molar-refractivity contribution >= 4 is 12.0 Å². The minimum Gasteiger partial charge on any atom is -0.481 e. The van der Waals surface area contributed by atoms with Gasteiger partial charge in [0.2, 0.25) is 0 Å². The molecule has 0 aromatic carbocycles. The summed E-state index contributed by atoms with van der Waals surface area (Å²) in [6.45, 7) is 3.40. The van der Waals surface area contributed by atoms with E-state index in [4.69, 9.17) is 5.11 Å². The maximum Gasteiger partial charge on any atom is 0.317 e. The molecule has 1 atom stereocenters. The van der Waals surface area contributed by atoms with Gasteiger partial charge in [0, 0.05) is 25.0 Å². The molecule has 2 fully saturated rings. The third-order valence-corrected chi connectivity index (χ3v) is 4.14. The highest BCUT2D eigenvalue weighted by atomic mass is 16.4. The Morgan fingerprint density at radius 1 is 1.39 bits per heavy atom. The number of urea groups is 1. The number of nitrogens with one attached hydrogen (secondary N) is 1. The first-order valence-electron chi connectivity index (χ1n) is 6.77. The fourth-order valence-corrected chi connectivity index (χ4v) is 2.83. The van der Waals surface area contributed by atoms with Crippen LogP contribution in [0.2, 0.25) is 0 Å². The van der Waals surface area contributed by atoms with Crippen molar-refractivity contribution in [1.82, 2.24) is 10.2 Å². The van der Waals surface area contributed by atoms with E-state index in [9.17, 15) is 9.59 Å². The van der Waals surface area contributed by atoms with Crippen molar-refractivity contribution in [1.29, 1.82) is 0 Å². The van der Waals surface area contributed by atoms with E-state index in [0.717, 1.165) is 32.2 Å². The van der Waals surface area contributed by atoms with E-state index < -0.39 is 5.97 Å². The van der Waals surface area contributed by atoms with E-state index >= 15 is 0 Å². The van der Waals surface area contributed by atoms with Gasteiger partial charge in [0.1, 0.15) is 0 Å². The third-order valence-electron chi connectivity index (χ3n) is 4.14. The number of nitrogens with zero attached hydrogens (tertiary/aromatic N) is 1. The van der Waals surface area contributed by atoms with Gasteiger partial charge in [0.15, 0.2) is 0 Å². The lowest BCUT2D eigenvalue weighted by molar-refractivity contribution is -0.138. The molecule has 1 saturated heterocycles. The average molecular weight is 254 g/mol. The zero-order valence-electron chi connectivity index (χ0n) is 10.9. The predicted molar refractivity (Wildman–Crippen MR) is 67.3 cm³/mol. The normalized spacial score (nSPS) is 26.3. The molecule has 102 valence electrons. The highest BCUT2D eigenvalue weighted by Gasteiger charge is 2.35. The van der Waals surface area contributed by atoms with Crippen molar-refractivity contribution in [3.05, 3.63) is 0 Å². The SMILES string of the molecule is CC1(NC(=O)N2CCCC(CC(=O)O)C2)CCC1. The molecule has 1 saturated carbocycles. The Morgan fingerprint density at radius 2 is 2.11 bits per heavy atom. The Kier molecular flexibility index (Phi) is 3.78. The van der Waals surface area contributed by atoms with Gasteiger partial charge >= 0.3 is 12.0 Å². The van der Waals surface area contributed by atoms with Crippen LogP contribution in [0.15, 0.2) is 0 Å². The van der Waals surface area contributed by atoms with Crippen LogP contribution in [-0.2, 0) is 4.79 Å². The summed E-state index contributed by atoms with van der Waals surface area (Å²) in [6, 6.07) is -0.0210. The lowest BCUT2D eigenvalue weighted by Gasteiger charge is -2.42. The summed E-state index contributed by atoms with van der Waals surface area (Å²) in [4.78, 5) is 24.6. The number of hydrogen-bond donors (Lipinski definition) is 2. The van der Waals surface area contributed by atoms with Crippen LogP contribution < -0.4 is 5.32 Å². The molecule has 2 amide bonds. The predicted octanol–water partition coefficient (Wildman–Crippen LogP) is 1.83. The van der Waals surface area contributed by atoms with E-state index in [2.05, 4.69) is 12.2 Å². The molecule has 5 nitrogen and oxygen atoms in total. The molecule has 2 N–H and O–H groups in total. The number of carbonyl (C=O) groups excluding carboxylic acids is 1. The number of carboxylic acids is 1. The lowest BCUT2D eigenvalue weighted by atomic mass is 9.79. The molecule has 0 aromatic heterocycles. The second-order valence-corrected chi connectivity index (χ2v) is 5.90. The number of piperidine rings is 1. The van der Waals surface area contributed by atoms with Crippen molar-refractivity contribution in [3.8, 4) is 0 Å². The molecule has 1 aliphatic carbocycles. The summed E-state index contributed by atoms with van der Waals surface area (Å²) in [6.07, 6.45) is 5.26. The second-order valence-electron chi connectivity index (χ2n) is 5.90. The molecule has 2 aliphatic rings. The Balaban J connectivity index is 1.84. The van der Waals surface area contributed by atoms with Crippen LogP contribution >= 0.6 is 0 Å². The Bertz CT molecular complexity index is 339. The van der Waals surface area contributed by atoms with Gasteiger partial charge in [0.05, 0.1) is 0 Å². The summed E-state index contributed by atoms with van der Waals surface area (Å²) >= 11 is 0. The monoisotopic (exact) mass is 254 g/mol. The molecule has 0 radical (unpaired) electrons. The van der Waals surface area contributed by atoms with E-state index in [0.29, 0.717) is 6.54 Å². The van der Waals surface area contributed by atoms with E-state index in [1.54, 1.807) is 4.90 Å². The van der Waals surface area contributed by atoms with Gasteiger partial charge < -0.3 is 15.3 Å². The van der Waals surface area contributed by atoms with Crippen LogP contribution in [0.1, 0.15) is 45.4 Å². The van der Waals surface area contributed by atoms with Crippen molar-refractivity contribution in [3.63, 3.8) is 0 Å². The standard InChI is InChI=1S/C13H22N2O3/c1-13(5-3-6-13)14-12(18)15-7-2-4-10(9-15)8-11(16)17/h10H,2-9H2,1H3,(H,14,18)(H,16,17). The quantitative estimate of drug-likeness (QED) is 0.807. The van der Waals surface area contributed by atoms with Crippen LogP contribution in [0, 0.1) is 5.92 Å². The minimum absolute atomic E-state index is 0.0210. The summed E-state index contributed by atoms with van der Waals surface area (Å²) in [7, 11) is 0. The lowest BCUT2D eigenvalue weighted by Crippen LogP contribution is -2.56. The molecule has 1 heterocycles. The smallest absolute Gasteiger partial charge is 0.317 e. The number of likely N-dealkylation sites (tertiary alicyclic amines) is 1. The molecular weight excluding hydrogens is 232 g/mol. The molecule has 0 aromatic rings. The van der Waals surface area contributed by atoms with Crippen LogP contribution in [0.25, 0.3) is 0 Å². The zero-order chi connectivity index (χ0) is 13.2. The number of carbonyl (C=O) groups is 2. The molecule has 0 spiro atoms. The number of amides is 2. The van der Waals surface area contributed by atoms with Crippen molar-refractivity contribution in [2.45, 2.75) is 51.0 Å². The van der Waals surface area contributed by atoms with Gasteiger partial charge in [-0.2, -0.15) is 0 Å². The van der Waals surface area contributed by atoms with Gasteiger partial charge in [-0.3, -0.25) is 4.79 Å². The number of hydrogen-bond acceptors (Lipinski definition) is 2. The zero-order valence-corrected chi connectivity index (χ0v) is 10.9. The molecule has 1 unspecified atom stereocenters. The largest absolute Gasteiger partial charge is 0.481 e. The number of carboxylic acid groups (broad SMARTS) is 1.